The molecular weight excluding hydrogens is 278 g/mol. The molecule has 0 spiro atoms. The van der Waals surface area contributed by atoms with E-state index in [1.807, 2.05) is 0 Å². The minimum Gasteiger partial charge on any atom is -0.306 e. The van der Waals surface area contributed by atoms with Gasteiger partial charge in [-0.1, -0.05) is 36.9 Å². The van der Waals surface area contributed by atoms with Crippen LogP contribution in [0, 0.1) is 20.8 Å². The van der Waals surface area contributed by atoms with Crippen LogP contribution in [0.25, 0.3) is 0 Å². The highest BCUT2D eigenvalue weighted by Crippen LogP contribution is 2.31. The summed E-state index contributed by atoms with van der Waals surface area (Å²) >= 11 is 1.53. The molecule has 0 bridgehead atoms. The molecular formula is C17H25N3S. The zero-order valence-electron chi connectivity index (χ0n) is 13.7. The van der Waals surface area contributed by atoms with Crippen LogP contribution >= 0.6 is 11.5 Å². The number of nitrogens with zero attached hydrogens (tertiary/aromatic N) is 2. The van der Waals surface area contributed by atoms with Gasteiger partial charge in [0.05, 0.1) is 16.6 Å². The Morgan fingerprint density at radius 2 is 1.81 bits per heavy atom. The fraction of sp³-hybridized carbons (Fsp3) is 0.529. The summed E-state index contributed by atoms with van der Waals surface area (Å²) in [6, 6.07) is 4.80. The molecule has 2 aromatic rings. The lowest BCUT2D eigenvalue weighted by Crippen LogP contribution is -2.23. The molecule has 1 N–H and O–H groups in total. The van der Waals surface area contributed by atoms with Crippen LogP contribution in [-0.2, 0) is 6.42 Å². The second-order valence-corrected chi connectivity index (χ2v) is 6.40. The van der Waals surface area contributed by atoms with Gasteiger partial charge in [0.1, 0.15) is 0 Å². The molecule has 1 heterocycles. The molecule has 114 valence electrons. The Bertz CT molecular complexity index is 604. The molecule has 0 aliphatic rings. The molecule has 21 heavy (non-hydrogen) atoms. The van der Waals surface area contributed by atoms with Gasteiger partial charge in [-0.15, -0.1) is 5.10 Å². The lowest BCUT2D eigenvalue weighted by molar-refractivity contribution is 0.627. The maximum atomic E-state index is 4.33. The van der Waals surface area contributed by atoms with E-state index in [1.54, 1.807) is 0 Å². The molecule has 0 saturated heterocycles. The highest BCUT2D eigenvalue weighted by Gasteiger charge is 2.22. The zero-order valence-corrected chi connectivity index (χ0v) is 14.5. The van der Waals surface area contributed by atoms with Gasteiger partial charge in [0.25, 0.3) is 0 Å². The van der Waals surface area contributed by atoms with Crippen molar-refractivity contribution < 1.29 is 0 Å². The quantitative estimate of drug-likeness (QED) is 0.872. The summed E-state index contributed by atoms with van der Waals surface area (Å²) in [6.45, 7) is 11.8. The largest absolute Gasteiger partial charge is 0.306 e. The Hall–Kier alpha value is -1.26. The zero-order chi connectivity index (χ0) is 15.4. The average molecular weight is 303 g/mol. The van der Waals surface area contributed by atoms with E-state index in [4.69, 9.17) is 0 Å². The van der Waals surface area contributed by atoms with Crippen molar-refractivity contribution in [3.8, 4) is 0 Å². The molecule has 3 nitrogen and oxygen atoms in total. The fourth-order valence-corrected chi connectivity index (χ4v) is 3.48. The topological polar surface area (TPSA) is 37.8 Å². The molecule has 0 saturated carbocycles. The molecule has 1 aromatic heterocycles. The SMILES string of the molecule is CCCc1nnsc1C(NCC)c1cc(C)c(C)cc1C. The number of aromatic nitrogens is 2. The summed E-state index contributed by atoms with van der Waals surface area (Å²) < 4.78 is 4.19. The van der Waals surface area contributed by atoms with E-state index in [9.17, 15) is 0 Å². The smallest absolute Gasteiger partial charge is 0.0807 e. The van der Waals surface area contributed by atoms with E-state index in [0.717, 1.165) is 25.1 Å². The summed E-state index contributed by atoms with van der Waals surface area (Å²) in [5.74, 6) is 0. The number of hydrogen-bond donors (Lipinski definition) is 1. The standard InChI is InChI=1S/C17H25N3S/c1-6-8-15-17(21-20-19-15)16(18-7-2)14-10-12(4)11(3)9-13(14)5/h9-10,16,18H,6-8H2,1-5H3. The summed E-state index contributed by atoms with van der Waals surface area (Å²) in [7, 11) is 0. The normalized spacial score (nSPS) is 12.6. The van der Waals surface area contributed by atoms with Gasteiger partial charge in [-0.25, -0.2) is 0 Å². The molecule has 0 radical (unpaired) electrons. The number of rotatable bonds is 6. The average Bonchev–Trinajstić information content (AvgIpc) is 2.89. The highest BCUT2D eigenvalue weighted by molar-refractivity contribution is 7.05. The molecule has 4 heteroatoms. The van der Waals surface area contributed by atoms with Crippen molar-refractivity contribution >= 4 is 11.5 Å². The second-order valence-electron chi connectivity index (χ2n) is 5.62. The molecule has 0 aliphatic heterocycles. The number of benzene rings is 1. The van der Waals surface area contributed by atoms with Gasteiger partial charge < -0.3 is 5.32 Å². The predicted octanol–water partition coefficient (Wildman–Crippen LogP) is 4.11. The van der Waals surface area contributed by atoms with E-state index >= 15 is 0 Å². The first kappa shape index (κ1) is 16.1. The number of aryl methyl sites for hydroxylation is 4. The second kappa shape index (κ2) is 7.14. The molecule has 0 aliphatic carbocycles. The van der Waals surface area contributed by atoms with E-state index in [2.05, 4.69) is 61.7 Å². The van der Waals surface area contributed by atoms with Crippen molar-refractivity contribution in [3.63, 3.8) is 0 Å². The van der Waals surface area contributed by atoms with Gasteiger partial charge in [0, 0.05) is 0 Å². The molecule has 0 amide bonds. The predicted molar refractivity (Wildman–Crippen MR) is 90.1 cm³/mol. The van der Waals surface area contributed by atoms with Crippen LogP contribution in [-0.4, -0.2) is 16.1 Å². The van der Waals surface area contributed by atoms with Crippen molar-refractivity contribution in [1.82, 2.24) is 14.9 Å². The maximum absolute atomic E-state index is 4.33. The lowest BCUT2D eigenvalue weighted by Gasteiger charge is -2.21. The Morgan fingerprint density at radius 3 is 2.48 bits per heavy atom. The lowest BCUT2D eigenvalue weighted by atomic mass is 9.94. The van der Waals surface area contributed by atoms with E-state index in [1.165, 1.54) is 38.7 Å². The van der Waals surface area contributed by atoms with Crippen LogP contribution in [0.4, 0.5) is 0 Å². The van der Waals surface area contributed by atoms with Crippen LogP contribution in [0.3, 0.4) is 0 Å². The molecule has 1 unspecified atom stereocenters. The van der Waals surface area contributed by atoms with E-state index in [0.29, 0.717) is 0 Å². The Labute approximate surface area is 132 Å². The third-order valence-corrected chi connectivity index (χ3v) is 4.77. The Kier molecular flexibility index (Phi) is 5.48. The molecule has 0 fully saturated rings. The van der Waals surface area contributed by atoms with Crippen molar-refractivity contribution in [3.05, 3.63) is 45.0 Å². The first-order valence-electron chi connectivity index (χ1n) is 7.70. The van der Waals surface area contributed by atoms with Crippen molar-refractivity contribution in [2.24, 2.45) is 0 Å². The number of nitrogens with one attached hydrogen (secondary N) is 1. The van der Waals surface area contributed by atoms with Crippen molar-refractivity contribution in [2.45, 2.75) is 53.5 Å². The summed E-state index contributed by atoms with van der Waals surface area (Å²) in [6.07, 6.45) is 2.10. The van der Waals surface area contributed by atoms with E-state index in [-0.39, 0.29) is 6.04 Å². The van der Waals surface area contributed by atoms with Gasteiger partial charge in [0.15, 0.2) is 0 Å². The first-order chi connectivity index (χ1) is 10.1. The minimum atomic E-state index is 0.204. The highest BCUT2D eigenvalue weighted by atomic mass is 32.1. The Balaban J connectivity index is 2.48. The minimum absolute atomic E-state index is 0.204. The van der Waals surface area contributed by atoms with Crippen LogP contribution in [0.1, 0.15) is 59.1 Å². The molecule has 1 aromatic carbocycles. The van der Waals surface area contributed by atoms with Gasteiger partial charge in [0.2, 0.25) is 0 Å². The van der Waals surface area contributed by atoms with Gasteiger partial charge in [-0.05, 0) is 67.5 Å². The van der Waals surface area contributed by atoms with Crippen LogP contribution in [0.5, 0.6) is 0 Å². The van der Waals surface area contributed by atoms with Gasteiger partial charge >= 0.3 is 0 Å². The van der Waals surface area contributed by atoms with Crippen LogP contribution in [0.2, 0.25) is 0 Å². The van der Waals surface area contributed by atoms with Gasteiger partial charge in [-0.3, -0.25) is 0 Å². The Morgan fingerprint density at radius 1 is 1.10 bits per heavy atom. The third kappa shape index (κ3) is 3.50. The van der Waals surface area contributed by atoms with Crippen LogP contribution < -0.4 is 5.32 Å². The van der Waals surface area contributed by atoms with Crippen LogP contribution in [0.15, 0.2) is 12.1 Å². The van der Waals surface area contributed by atoms with Crippen molar-refractivity contribution in [1.29, 1.82) is 0 Å². The summed E-state index contributed by atoms with van der Waals surface area (Å²) in [5.41, 5.74) is 6.52. The van der Waals surface area contributed by atoms with Gasteiger partial charge in [-0.2, -0.15) is 0 Å². The fourth-order valence-electron chi connectivity index (χ4n) is 2.69. The summed E-state index contributed by atoms with van der Waals surface area (Å²) in [5, 5.41) is 7.95. The third-order valence-electron chi connectivity index (χ3n) is 3.94. The van der Waals surface area contributed by atoms with Crippen molar-refractivity contribution in [2.75, 3.05) is 6.54 Å². The summed E-state index contributed by atoms with van der Waals surface area (Å²) in [4.78, 5) is 1.27. The molecule has 1 atom stereocenters. The molecule has 2 rings (SSSR count). The monoisotopic (exact) mass is 303 g/mol. The van der Waals surface area contributed by atoms with E-state index < -0.39 is 0 Å². The maximum Gasteiger partial charge on any atom is 0.0807 e. The first-order valence-corrected chi connectivity index (χ1v) is 8.48. The number of hydrogen-bond acceptors (Lipinski definition) is 4.